The molecule has 1 N–H and O–H groups in total. The molecule has 0 unspecified atom stereocenters. The van der Waals surface area contributed by atoms with E-state index in [2.05, 4.69) is 33.0 Å². The molecule has 3 nitrogen and oxygen atoms in total. The summed E-state index contributed by atoms with van der Waals surface area (Å²) in [6.07, 6.45) is 4.06. The first kappa shape index (κ1) is 15.5. The summed E-state index contributed by atoms with van der Waals surface area (Å²) in [5.74, 6) is 1.41. The smallest absolute Gasteiger partial charge is 0.326 e. The predicted molar refractivity (Wildman–Crippen MR) is 74.4 cm³/mol. The van der Waals surface area contributed by atoms with Gasteiger partial charge in [-0.05, 0) is 58.3 Å². The fraction of sp³-hybridized carbons (Fsp3) is 0.933. The van der Waals surface area contributed by atoms with Gasteiger partial charge in [-0.2, -0.15) is 0 Å². The quantitative estimate of drug-likeness (QED) is 0.767. The number of hydrogen-bond donors (Lipinski definition) is 1. The molecule has 0 saturated heterocycles. The summed E-state index contributed by atoms with van der Waals surface area (Å²) >= 11 is 0. The van der Waals surface area contributed by atoms with E-state index in [0.29, 0.717) is 18.6 Å². The minimum Gasteiger partial charge on any atom is -0.465 e. The number of carbonyl (C=O) groups is 1. The summed E-state index contributed by atoms with van der Waals surface area (Å²) in [5.41, 5.74) is -0.435. The van der Waals surface area contributed by atoms with Crippen molar-refractivity contribution in [3.63, 3.8) is 0 Å². The Kier molecular flexibility index (Phi) is 5.64. The van der Waals surface area contributed by atoms with Gasteiger partial charge in [-0.1, -0.05) is 13.8 Å². The van der Waals surface area contributed by atoms with Gasteiger partial charge in [0.25, 0.3) is 0 Å². The number of nitrogens with one attached hydrogen (secondary N) is 1. The second kappa shape index (κ2) is 6.55. The fourth-order valence-corrected chi connectivity index (χ4v) is 3.03. The van der Waals surface area contributed by atoms with Crippen LogP contribution < -0.4 is 5.32 Å². The highest BCUT2D eigenvalue weighted by Gasteiger charge is 2.43. The van der Waals surface area contributed by atoms with Crippen LogP contribution in [-0.2, 0) is 9.53 Å². The first-order valence-corrected chi connectivity index (χ1v) is 7.36. The molecule has 18 heavy (non-hydrogen) atoms. The number of esters is 1. The first-order valence-electron chi connectivity index (χ1n) is 7.36. The molecule has 0 aliphatic heterocycles. The molecule has 1 rings (SSSR count). The Morgan fingerprint density at radius 2 is 1.83 bits per heavy atom. The molecule has 1 aliphatic carbocycles. The van der Waals surface area contributed by atoms with Crippen molar-refractivity contribution in [1.29, 1.82) is 0 Å². The maximum Gasteiger partial charge on any atom is 0.326 e. The molecule has 1 aliphatic rings. The van der Waals surface area contributed by atoms with Crippen molar-refractivity contribution in [2.75, 3.05) is 6.61 Å². The summed E-state index contributed by atoms with van der Waals surface area (Å²) < 4.78 is 5.28. The van der Waals surface area contributed by atoms with Crippen molar-refractivity contribution < 1.29 is 9.53 Å². The largest absolute Gasteiger partial charge is 0.465 e. The molecule has 0 aromatic carbocycles. The summed E-state index contributed by atoms with van der Waals surface area (Å²) in [6.45, 7) is 11.1. The lowest BCUT2D eigenvalue weighted by Crippen LogP contribution is -2.57. The van der Waals surface area contributed by atoms with Gasteiger partial charge in [-0.15, -0.1) is 0 Å². The van der Waals surface area contributed by atoms with E-state index in [1.807, 2.05) is 6.92 Å². The van der Waals surface area contributed by atoms with Gasteiger partial charge >= 0.3 is 5.97 Å². The number of ether oxygens (including phenoxy) is 1. The van der Waals surface area contributed by atoms with E-state index in [-0.39, 0.29) is 5.97 Å². The fourth-order valence-electron chi connectivity index (χ4n) is 3.03. The summed E-state index contributed by atoms with van der Waals surface area (Å²) in [7, 11) is 0. The van der Waals surface area contributed by atoms with Crippen molar-refractivity contribution in [3.8, 4) is 0 Å². The SMILES string of the molecule is CCOC(=O)C1(NC(C)C)CCC(C(C)C)CC1. The van der Waals surface area contributed by atoms with Gasteiger partial charge in [0.1, 0.15) is 5.54 Å². The molecule has 106 valence electrons. The maximum absolute atomic E-state index is 12.2. The molecule has 0 spiro atoms. The molecule has 0 heterocycles. The zero-order valence-electron chi connectivity index (χ0n) is 12.6. The van der Waals surface area contributed by atoms with E-state index < -0.39 is 5.54 Å². The Morgan fingerprint density at radius 1 is 1.28 bits per heavy atom. The van der Waals surface area contributed by atoms with Crippen LogP contribution in [0.4, 0.5) is 0 Å². The summed E-state index contributed by atoms with van der Waals surface area (Å²) in [5, 5.41) is 3.46. The summed E-state index contributed by atoms with van der Waals surface area (Å²) in [4.78, 5) is 12.2. The van der Waals surface area contributed by atoms with E-state index in [0.717, 1.165) is 31.6 Å². The van der Waals surface area contributed by atoms with Crippen LogP contribution in [0.25, 0.3) is 0 Å². The van der Waals surface area contributed by atoms with Crippen LogP contribution in [0.3, 0.4) is 0 Å². The molecule has 0 bridgehead atoms. The standard InChI is InChI=1S/C15H29NO2/c1-6-18-14(17)15(16-12(4)5)9-7-13(8-10-15)11(2)3/h11-13,16H,6-10H2,1-5H3. The van der Waals surface area contributed by atoms with Gasteiger partial charge < -0.3 is 4.74 Å². The van der Waals surface area contributed by atoms with Gasteiger partial charge in [0.2, 0.25) is 0 Å². The van der Waals surface area contributed by atoms with Crippen molar-refractivity contribution in [2.24, 2.45) is 11.8 Å². The van der Waals surface area contributed by atoms with E-state index in [1.165, 1.54) is 0 Å². The van der Waals surface area contributed by atoms with Crippen molar-refractivity contribution in [3.05, 3.63) is 0 Å². The Hall–Kier alpha value is -0.570. The van der Waals surface area contributed by atoms with Crippen LogP contribution in [0.1, 0.15) is 60.3 Å². The predicted octanol–water partition coefficient (Wildman–Crippen LogP) is 3.13. The lowest BCUT2D eigenvalue weighted by atomic mass is 9.72. The third kappa shape index (κ3) is 3.71. The molecule has 0 aromatic rings. The molecule has 3 heteroatoms. The Bertz CT molecular complexity index is 266. The number of carbonyl (C=O) groups excluding carboxylic acids is 1. The first-order chi connectivity index (χ1) is 8.41. The van der Waals surface area contributed by atoms with E-state index >= 15 is 0 Å². The third-order valence-corrected chi connectivity index (χ3v) is 4.06. The van der Waals surface area contributed by atoms with Crippen LogP contribution in [0, 0.1) is 11.8 Å². The third-order valence-electron chi connectivity index (χ3n) is 4.06. The minimum atomic E-state index is -0.435. The average Bonchev–Trinajstić information content (AvgIpc) is 2.29. The lowest BCUT2D eigenvalue weighted by Gasteiger charge is -2.41. The molecule has 0 amide bonds. The van der Waals surface area contributed by atoms with Crippen LogP contribution in [-0.4, -0.2) is 24.2 Å². The van der Waals surface area contributed by atoms with Crippen LogP contribution >= 0.6 is 0 Å². The Balaban J connectivity index is 2.72. The van der Waals surface area contributed by atoms with E-state index in [1.54, 1.807) is 0 Å². The zero-order valence-corrected chi connectivity index (χ0v) is 12.6. The number of rotatable bonds is 5. The van der Waals surface area contributed by atoms with E-state index in [9.17, 15) is 4.79 Å². The summed E-state index contributed by atoms with van der Waals surface area (Å²) in [6, 6.07) is 0.310. The molecule has 0 aromatic heterocycles. The average molecular weight is 255 g/mol. The lowest BCUT2D eigenvalue weighted by molar-refractivity contribution is -0.153. The van der Waals surface area contributed by atoms with Crippen molar-refractivity contribution >= 4 is 5.97 Å². The molecular formula is C15H29NO2. The van der Waals surface area contributed by atoms with Gasteiger partial charge in [-0.25, -0.2) is 0 Å². The van der Waals surface area contributed by atoms with Crippen molar-refractivity contribution in [1.82, 2.24) is 5.32 Å². The highest BCUT2D eigenvalue weighted by Crippen LogP contribution is 2.36. The van der Waals surface area contributed by atoms with Crippen LogP contribution in [0.15, 0.2) is 0 Å². The molecule has 0 atom stereocenters. The number of hydrogen-bond acceptors (Lipinski definition) is 3. The molecule has 0 radical (unpaired) electrons. The topological polar surface area (TPSA) is 38.3 Å². The van der Waals surface area contributed by atoms with E-state index in [4.69, 9.17) is 4.74 Å². The van der Waals surface area contributed by atoms with Gasteiger partial charge in [0, 0.05) is 6.04 Å². The normalized spacial score (nSPS) is 28.7. The van der Waals surface area contributed by atoms with Gasteiger partial charge in [0.15, 0.2) is 0 Å². The Morgan fingerprint density at radius 3 is 2.22 bits per heavy atom. The highest BCUT2D eigenvalue weighted by molar-refractivity contribution is 5.81. The second-order valence-corrected chi connectivity index (χ2v) is 6.18. The second-order valence-electron chi connectivity index (χ2n) is 6.18. The van der Waals surface area contributed by atoms with Crippen molar-refractivity contribution in [2.45, 2.75) is 71.9 Å². The molecule has 1 saturated carbocycles. The van der Waals surface area contributed by atoms with Gasteiger partial charge in [0.05, 0.1) is 6.61 Å². The zero-order chi connectivity index (χ0) is 13.8. The van der Waals surface area contributed by atoms with Crippen LogP contribution in [0.2, 0.25) is 0 Å². The molecule has 1 fully saturated rings. The monoisotopic (exact) mass is 255 g/mol. The minimum absolute atomic E-state index is 0.0547. The van der Waals surface area contributed by atoms with Gasteiger partial charge in [-0.3, -0.25) is 10.1 Å². The van der Waals surface area contributed by atoms with Crippen LogP contribution in [0.5, 0.6) is 0 Å². The Labute approximate surface area is 112 Å². The maximum atomic E-state index is 12.2. The molecular weight excluding hydrogens is 226 g/mol. The highest BCUT2D eigenvalue weighted by atomic mass is 16.5.